The number of nitrogens with zero attached hydrogens (tertiary/aromatic N) is 2. The second-order valence-electron chi connectivity index (χ2n) is 5.25. The predicted octanol–water partition coefficient (Wildman–Crippen LogP) is -2.09. The number of carbonyl (C=O) groups excluding carboxylic acids is 1. The van der Waals surface area contributed by atoms with Gasteiger partial charge in [-0.2, -0.15) is 0 Å². The third-order valence-corrected chi connectivity index (χ3v) is 3.14. The van der Waals surface area contributed by atoms with Crippen LogP contribution in [0.2, 0.25) is 0 Å². The third kappa shape index (κ3) is 15.4. The Balaban J connectivity index is -0.000000427. The molecule has 1 aliphatic rings. The fraction of sp³-hybridized carbons (Fsp3) is 0.643. The Morgan fingerprint density at radius 1 is 1.15 bits per heavy atom. The Kier molecular flexibility index (Phi) is 20.3. The molecular formula is C14H26Cu2N6O5. The molecule has 0 unspecified atom stereocenters. The topological polar surface area (TPSA) is 206 Å². The average Bonchev–Trinajstić information content (AvgIpc) is 3.07. The first kappa shape index (κ1) is 30.4. The minimum absolute atomic E-state index is 0. The maximum atomic E-state index is 10.9. The van der Waals surface area contributed by atoms with Crippen LogP contribution in [-0.2, 0) is 48.5 Å². The van der Waals surface area contributed by atoms with Crippen LogP contribution >= 0.6 is 0 Å². The maximum absolute atomic E-state index is 10.9. The number of nitrogens with two attached hydrogens (primary N) is 3. The summed E-state index contributed by atoms with van der Waals surface area (Å²) in [6, 6.07) is -1.70. The molecule has 0 saturated carbocycles. The summed E-state index contributed by atoms with van der Waals surface area (Å²) >= 11 is 0. The van der Waals surface area contributed by atoms with Crippen molar-refractivity contribution >= 4 is 29.9 Å². The van der Waals surface area contributed by atoms with Crippen molar-refractivity contribution in [1.82, 2.24) is 5.32 Å². The molecule has 1 aliphatic heterocycles. The van der Waals surface area contributed by atoms with Gasteiger partial charge in [-0.3, -0.25) is 14.6 Å². The number of rotatable bonds is 10. The number of carboxylic acids is 2. The molecule has 1 rings (SSSR count). The fourth-order valence-electron chi connectivity index (χ4n) is 1.75. The summed E-state index contributed by atoms with van der Waals surface area (Å²) in [6.45, 7) is 0.765. The zero-order valence-corrected chi connectivity index (χ0v) is 16.4. The molecule has 0 saturated heterocycles. The predicted molar refractivity (Wildman–Crippen MR) is 92.5 cm³/mol. The van der Waals surface area contributed by atoms with Crippen molar-refractivity contribution in [3.63, 3.8) is 0 Å². The zero-order valence-electron chi connectivity index (χ0n) is 14.5. The molecule has 0 bridgehead atoms. The van der Waals surface area contributed by atoms with Crippen LogP contribution in [-0.4, -0.2) is 71.8 Å². The van der Waals surface area contributed by atoms with Gasteiger partial charge in [0.15, 0.2) is 0 Å². The van der Waals surface area contributed by atoms with Crippen molar-refractivity contribution < 1.29 is 58.7 Å². The summed E-state index contributed by atoms with van der Waals surface area (Å²) in [6.07, 6.45) is 3.69. The molecule has 11 nitrogen and oxygen atoms in total. The van der Waals surface area contributed by atoms with Crippen LogP contribution < -0.4 is 22.5 Å². The van der Waals surface area contributed by atoms with Gasteiger partial charge in [-0.25, -0.2) is 9.79 Å². The number of unbranched alkanes of at least 4 members (excludes halogenated alkanes) is 1. The Bertz CT molecular complexity index is 518. The van der Waals surface area contributed by atoms with Crippen molar-refractivity contribution in [2.24, 2.45) is 27.2 Å². The summed E-state index contributed by atoms with van der Waals surface area (Å²) in [5.41, 5.74) is 16.1. The molecule has 164 valence electrons. The number of hydrogen-bond acceptors (Lipinski definition) is 8. The van der Waals surface area contributed by atoms with Gasteiger partial charge in [0.1, 0.15) is 18.4 Å². The number of aliphatic imine (C=N–C) groups is 2. The molecule has 0 aromatic rings. The van der Waals surface area contributed by atoms with E-state index in [1.807, 2.05) is 0 Å². The van der Waals surface area contributed by atoms with E-state index in [1.54, 1.807) is 0 Å². The zero-order chi connectivity index (χ0) is 19.2. The van der Waals surface area contributed by atoms with Crippen molar-refractivity contribution in [2.75, 3.05) is 19.6 Å². The molecule has 0 aromatic carbocycles. The second-order valence-corrected chi connectivity index (χ2v) is 5.25. The first-order chi connectivity index (χ1) is 11.8. The SMILES string of the molecule is NCC(=O)N[C@@H](CC1=NC=NC1)C(=O)O.NCCCC[C@H](N)C(=O)O.[Cu].[Cu]. The summed E-state index contributed by atoms with van der Waals surface area (Å²) in [5, 5.41) is 19.4. The summed E-state index contributed by atoms with van der Waals surface area (Å²) < 4.78 is 0. The van der Waals surface area contributed by atoms with E-state index in [2.05, 4.69) is 15.3 Å². The molecule has 2 radical (unpaired) electrons. The van der Waals surface area contributed by atoms with Crippen molar-refractivity contribution in [2.45, 2.75) is 37.8 Å². The third-order valence-electron chi connectivity index (χ3n) is 3.14. The molecule has 13 heteroatoms. The van der Waals surface area contributed by atoms with Crippen molar-refractivity contribution in [3.8, 4) is 0 Å². The van der Waals surface area contributed by atoms with Gasteiger partial charge < -0.3 is 32.7 Å². The minimum atomic E-state index is -1.11. The number of nitrogens with one attached hydrogen (secondary N) is 1. The van der Waals surface area contributed by atoms with E-state index in [-0.39, 0.29) is 47.1 Å². The van der Waals surface area contributed by atoms with Gasteiger partial charge in [0.05, 0.1) is 13.1 Å². The van der Waals surface area contributed by atoms with Gasteiger partial charge in [-0.15, -0.1) is 0 Å². The summed E-state index contributed by atoms with van der Waals surface area (Å²) in [7, 11) is 0. The second kappa shape index (κ2) is 18.1. The Hall–Kier alpha value is -1.33. The van der Waals surface area contributed by atoms with Crippen LogP contribution in [0.15, 0.2) is 9.98 Å². The molecule has 0 fully saturated rings. The molecule has 0 spiro atoms. The van der Waals surface area contributed by atoms with Gasteiger partial charge in [-0.1, -0.05) is 6.42 Å². The molecule has 2 atom stereocenters. The van der Waals surface area contributed by atoms with E-state index in [0.717, 1.165) is 12.8 Å². The first-order valence-corrected chi connectivity index (χ1v) is 7.76. The number of carbonyl (C=O) groups is 3. The molecular weight excluding hydrogens is 459 g/mol. The number of amides is 1. The van der Waals surface area contributed by atoms with Gasteiger partial charge in [-0.05, 0) is 19.4 Å². The van der Waals surface area contributed by atoms with Crippen LogP contribution in [0.25, 0.3) is 0 Å². The van der Waals surface area contributed by atoms with Crippen LogP contribution in [0, 0.1) is 0 Å². The van der Waals surface area contributed by atoms with E-state index in [4.69, 9.17) is 27.4 Å². The van der Waals surface area contributed by atoms with Crippen molar-refractivity contribution in [1.29, 1.82) is 0 Å². The van der Waals surface area contributed by atoms with Crippen LogP contribution in [0.5, 0.6) is 0 Å². The smallest absolute Gasteiger partial charge is 0.326 e. The van der Waals surface area contributed by atoms with Crippen LogP contribution in [0.4, 0.5) is 0 Å². The number of hydrogen-bond donors (Lipinski definition) is 6. The largest absolute Gasteiger partial charge is 0.480 e. The van der Waals surface area contributed by atoms with E-state index in [1.165, 1.54) is 6.34 Å². The van der Waals surface area contributed by atoms with E-state index >= 15 is 0 Å². The Morgan fingerprint density at radius 2 is 1.78 bits per heavy atom. The van der Waals surface area contributed by atoms with Gasteiger partial charge in [0, 0.05) is 46.3 Å². The molecule has 0 aromatic heterocycles. The molecule has 27 heavy (non-hydrogen) atoms. The quantitative estimate of drug-likeness (QED) is 0.149. The van der Waals surface area contributed by atoms with E-state index in [0.29, 0.717) is 25.2 Å². The monoisotopic (exact) mass is 484 g/mol. The molecule has 0 aliphatic carbocycles. The fourth-order valence-corrected chi connectivity index (χ4v) is 1.75. The van der Waals surface area contributed by atoms with E-state index in [9.17, 15) is 14.4 Å². The van der Waals surface area contributed by atoms with Gasteiger partial charge in [0.2, 0.25) is 5.91 Å². The standard InChI is InChI=1S/C8H12N4O3.C6H14N2O2.2Cu/c9-2-7(13)12-6(8(14)15)1-5-3-10-4-11-5;7-4-2-1-3-5(8)6(9)10;;/h4,6H,1-3,9H2,(H,12,13)(H,14,15);5H,1-4,7-8H2,(H,9,10);;/t6-;5-;;/m00../s1. The number of carboxylic acid groups (broad SMARTS) is 2. The molecule has 1 amide bonds. The summed E-state index contributed by atoms with van der Waals surface area (Å²) in [5.74, 6) is -2.54. The Labute approximate surface area is 178 Å². The molecule has 9 N–H and O–H groups in total. The minimum Gasteiger partial charge on any atom is -0.480 e. The average molecular weight is 485 g/mol. The van der Waals surface area contributed by atoms with E-state index < -0.39 is 29.9 Å². The van der Waals surface area contributed by atoms with Crippen molar-refractivity contribution in [3.05, 3.63) is 0 Å². The van der Waals surface area contributed by atoms with Gasteiger partial charge >= 0.3 is 11.9 Å². The van der Waals surface area contributed by atoms with Crippen LogP contribution in [0.1, 0.15) is 25.7 Å². The Morgan fingerprint density at radius 3 is 2.19 bits per heavy atom. The van der Waals surface area contributed by atoms with Gasteiger partial charge in [0.25, 0.3) is 0 Å². The summed E-state index contributed by atoms with van der Waals surface area (Å²) in [4.78, 5) is 39.5. The molecule has 1 heterocycles. The maximum Gasteiger partial charge on any atom is 0.326 e. The normalized spacial score (nSPS) is 13.7. The first-order valence-electron chi connectivity index (χ1n) is 7.76. The van der Waals surface area contributed by atoms with Crippen LogP contribution in [0.3, 0.4) is 0 Å². The number of aliphatic carboxylic acids is 2.